The van der Waals surface area contributed by atoms with Crippen molar-refractivity contribution in [3.63, 3.8) is 0 Å². The monoisotopic (exact) mass is 612 g/mol. The number of nitrogens with zero attached hydrogens (tertiary/aromatic N) is 3. The summed E-state index contributed by atoms with van der Waals surface area (Å²) < 4.78 is 0. The predicted molar refractivity (Wildman–Crippen MR) is 181 cm³/mol. The zero-order valence-corrected chi connectivity index (χ0v) is 27.3. The Morgan fingerprint density at radius 1 is 0.889 bits per heavy atom. The molecule has 0 heterocycles. The van der Waals surface area contributed by atoms with Crippen molar-refractivity contribution >= 4 is 40.3 Å². The van der Waals surface area contributed by atoms with Crippen molar-refractivity contribution in [3.05, 3.63) is 64.6 Å². The minimum Gasteiger partial charge on any atom is -0.506 e. The second-order valence-corrected chi connectivity index (χ2v) is 12.5. The summed E-state index contributed by atoms with van der Waals surface area (Å²) in [7, 11) is 0. The molecular formula is C37H48N4O4. The molecule has 0 aliphatic heterocycles. The van der Waals surface area contributed by atoms with Crippen molar-refractivity contribution in [2.75, 3.05) is 36.4 Å². The fourth-order valence-corrected chi connectivity index (χ4v) is 7.21. The number of hydrogen-bond acceptors (Lipinski definition) is 6. The fourth-order valence-electron chi connectivity index (χ4n) is 7.21. The number of amides is 2. The average molecular weight is 613 g/mol. The molecule has 0 saturated heterocycles. The van der Waals surface area contributed by atoms with Gasteiger partial charge in [0, 0.05) is 61.0 Å². The number of aliphatic imine (C=N–C) groups is 1. The van der Waals surface area contributed by atoms with Crippen molar-refractivity contribution in [3.8, 4) is 0 Å². The summed E-state index contributed by atoms with van der Waals surface area (Å²) in [6.45, 7) is 11.5. The van der Waals surface area contributed by atoms with E-state index >= 15 is 0 Å². The number of benzene rings is 1. The van der Waals surface area contributed by atoms with Crippen molar-refractivity contribution in [1.82, 2.24) is 4.90 Å². The summed E-state index contributed by atoms with van der Waals surface area (Å²) in [4.78, 5) is 49.2. The van der Waals surface area contributed by atoms with Gasteiger partial charge in [-0.2, -0.15) is 0 Å². The lowest BCUT2D eigenvalue weighted by atomic mass is 9.78. The van der Waals surface area contributed by atoms with Crippen LogP contribution in [0, 0.1) is 11.8 Å². The fraction of sp³-hybridized carbons (Fsp3) is 0.514. The van der Waals surface area contributed by atoms with Crippen molar-refractivity contribution < 1.29 is 19.5 Å². The molecule has 0 unspecified atom stereocenters. The third-order valence-electron chi connectivity index (χ3n) is 9.87. The van der Waals surface area contributed by atoms with E-state index in [2.05, 4.69) is 47.8 Å². The third kappa shape index (κ3) is 6.85. The molecule has 0 aromatic heterocycles. The van der Waals surface area contributed by atoms with Gasteiger partial charge in [-0.1, -0.05) is 25.7 Å². The molecule has 0 radical (unpaired) electrons. The van der Waals surface area contributed by atoms with E-state index in [1.54, 1.807) is 6.08 Å². The zero-order valence-electron chi connectivity index (χ0n) is 27.3. The lowest BCUT2D eigenvalue weighted by molar-refractivity contribution is -0.121. The average Bonchev–Trinajstić information content (AvgIpc) is 3.76. The number of likely N-dealkylation sites (N-methyl/N-ethyl adjacent to an activating group) is 1. The van der Waals surface area contributed by atoms with Crippen LogP contribution in [-0.4, -0.2) is 59.5 Å². The number of carbonyl (C=O) groups excluding carboxylic acids is 3. The van der Waals surface area contributed by atoms with Crippen molar-refractivity contribution in [2.45, 2.75) is 85.5 Å². The zero-order chi connectivity index (χ0) is 32.1. The highest BCUT2D eigenvalue weighted by Crippen LogP contribution is 2.43. The van der Waals surface area contributed by atoms with E-state index in [1.165, 1.54) is 0 Å². The number of carbonyl (C=O) groups is 3. The number of rotatable bonds is 11. The minimum atomic E-state index is -0.324. The van der Waals surface area contributed by atoms with Crippen LogP contribution in [0.1, 0.15) is 91.0 Å². The first kappa shape index (κ1) is 32.5. The van der Waals surface area contributed by atoms with Gasteiger partial charge in [0.2, 0.25) is 17.6 Å². The predicted octanol–water partition coefficient (Wildman–Crippen LogP) is 7.15. The Kier molecular flexibility index (Phi) is 10.4. The van der Waals surface area contributed by atoms with Crippen LogP contribution in [0.3, 0.4) is 0 Å². The van der Waals surface area contributed by atoms with Gasteiger partial charge in [-0.3, -0.25) is 14.4 Å². The number of nitrogens with one attached hydrogen (secondary N) is 1. The van der Waals surface area contributed by atoms with Crippen molar-refractivity contribution in [2.24, 2.45) is 16.8 Å². The Morgan fingerprint density at radius 3 is 2.16 bits per heavy atom. The second kappa shape index (κ2) is 14.4. The first-order chi connectivity index (χ1) is 21.8. The molecule has 4 aliphatic carbocycles. The molecule has 4 aliphatic rings. The smallest absolute Gasteiger partial charge is 0.249 e. The number of hydrogen-bond donors (Lipinski definition) is 2. The molecule has 45 heavy (non-hydrogen) atoms. The van der Waals surface area contributed by atoms with Crippen LogP contribution in [0.2, 0.25) is 0 Å². The first-order valence-corrected chi connectivity index (χ1v) is 17.0. The Labute approximate surface area is 267 Å². The topological polar surface area (TPSA) is 102 Å². The quantitative estimate of drug-likeness (QED) is 0.257. The van der Waals surface area contributed by atoms with E-state index in [9.17, 15) is 19.5 Å². The SMILES string of the molecule is CCN(CC)C1=CC(=NC(=O)C2CCCC2)/C(=C2/C(=O)C(c3ccc(N(CC)CC)cc3NC(=O)CC3CCCC3)=C2O)C=C1. The van der Waals surface area contributed by atoms with Crippen LogP contribution in [0.4, 0.5) is 11.4 Å². The maximum atomic E-state index is 13.9. The van der Waals surface area contributed by atoms with E-state index in [0.717, 1.165) is 88.9 Å². The Bertz CT molecular complexity index is 1480. The van der Waals surface area contributed by atoms with Gasteiger partial charge in [0.05, 0.1) is 22.5 Å². The third-order valence-corrected chi connectivity index (χ3v) is 9.87. The normalized spacial score (nSPS) is 21.4. The Morgan fingerprint density at radius 2 is 1.53 bits per heavy atom. The molecule has 1 aromatic carbocycles. The summed E-state index contributed by atoms with van der Waals surface area (Å²) in [5.74, 6) is -0.422. The number of Topliss-reactive ketones (excluding diaryl/α,β-unsaturated/α-hetero) is 1. The highest BCUT2D eigenvalue weighted by atomic mass is 16.3. The number of aliphatic hydroxyl groups excluding tert-OH is 1. The highest BCUT2D eigenvalue weighted by Gasteiger charge is 2.40. The Hall–Kier alpha value is -3.94. The molecule has 8 nitrogen and oxygen atoms in total. The van der Waals surface area contributed by atoms with Crippen molar-refractivity contribution in [1.29, 1.82) is 0 Å². The molecule has 2 fully saturated rings. The summed E-state index contributed by atoms with van der Waals surface area (Å²) in [5, 5.41) is 14.6. The van der Waals surface area contributed by atoms with Gasteiger partial charge in [-0.05, 0) is 95.7 Å². The maximum absolute atomic E-state index is 13.9. The van der Waals surface area contributed by atoms with Crippen LogP contribution in [0.25, 0.3) is 5.57 Å². The summed E-state index contributed by atoms with van der Waals surface area (Å²) in [6, 6.07) is 5.65. The summed E-state index contributed by atoms with van der Waals surface area (Å²) >= 11 is 0. The maximum Gasteiger partial charge on any atom is 0.249 e. The first-order valence-electron chi connectivity index (χ1n) is 17.0. The summed E-state index contributed by atoms with van der Waals surface area (Å²) in [6.07, 6.45) is 14.2. The molecule has 2 saturated carbocycles. The lowest BCUT2D eigenvalue weighted by Crippen LogP contribution is -2.28. The standard InChI is InChI=1S/C37H48N4O4/c1-5-40(6-2)26-17-19-28(30(22-26)38-32(42)21-24-13-9-10-14-24)33-35(43)34(36(33)44)29-20-18-27(41(7-3)8-4)23-31(29)39-37(45)25-15-11-12-16-25/h17-20,22-25,43H,5-16,21H2,1-4H3,(H,38,42)/b34-29+,39-31?. The van der Waals surface area contributed by atoms with E-state index in [-0.39, 0.29) is 40.4 Å². The number of aliphatic hydroxyl groups is 1. The molecule has 2 amide bonds. The van der Waals surface area contributed by atoms with Gasteiger partial charge in [0.1, 0.15) is 5.76 Å². The molecule has 8 heteroatoms. The van der Waals surface area contributed by atoms with Gasteiger partial charge in [-0.15, -0.1) is 0 Å². The molecule has 1 aromatic rings. The summed E-state index contributed by atoms with van der Waals surface area (Å²) in [5.41, 5.74) is 4.07. The molecular weight excluding hydrogens is 564 g/mol. The van der Waals surface area contributed by atoms with Gasteiger partial charge in [0.25, 0.3) is 0 Å². The van der Waals surface area contributed by atoms with Gasteiger partial charge in [-0.25, -0.2) is 4.99 Å². The van der Waals surface area contributed by atoms with E-state index in [4.69, 9.17) is 0 Å². The molecule has 5 rings (SSSR count). The molecule has 0 bridgehead atoms. The lowest BCUT2D eigenvalue weighted by Gasteiger charge is -2.29. The van der Waals surface area contributed by atoms with Crippen LogP contribution >= 0.6 is 0 Å². The highest BCUT2D eigenvalue weighted by molar-refractivity contribution is 6.42. The van der Waals surface area contributed by atoms with E-state index in [1.807, 2.05) is 30.4 Å². The van der Waals surface area contributed by atoms with E-state index in [0.29, 0.717) is 34.9 Å². The van der Waals surface area contributed by atoms with E-state index < -0.39 is 0 Å². The van der Waals surface area contributed by atoms with Gasteiger partial charge in [0.15, 0.2) is 0 Å². The van der Waals surface area contributed by atoms with Crippen LogP contribution in [-0.2, 0) is 14.4 Å². The van der Waals surface area contributed by atoms with Gasteiger partial charge >= 0.3 is 0 Å². The van der Waals surface area contributed by atoms with Crippen LogP contribution < -0.4 is 10.2 Å². The minimum absolute atomic E-state index is 0.0746. The molecule has 2 N–H and O–H groups in total. The number of anilines is 2. The van der Waals surface area contributed by atoms with Gasteiger partial charge < -0.3 is 20.2 Å². The molecule has 240 valence electrons. The van der Waals surface area contributed by atoms with Crippen LogP contribution in [0.5, 0.6) is 0 Å². The second-order valence-electron chi connectivity index (χ2n) is 12.5. The Balaban J connectivity index is 1.54. The molecule has 0 spiro atoms. The van der Waals surface area contributed by atoms with Crippen LogP contribution in [0.15, 0.2) is 64.0 Å². The largest absolute Gasteiger partial charge is 0.506 e. The number of ketones is 1. The number of allylic oxidation sites excluding steroid dienone is 6. The molecule has 0 atom stereocenters.